The summed E-state index contributed by atoms with van der Waals surface area (Å²) < 4.78 is 5.10. The van der Waals surface area contributed by atoms with Crippen molar-refractivity contribution in [2.24, 2.45) is 0 Å². The summed E-state index contributed by atoms with van der Waals surface area (Å²) in [6, 6.07) is 0. The highest BCUT2D eigenvalue weighted by molar-refractivity contribution is 8.14. The molecule has 3 heteroatoms. The zero-order valence-corrected chi connectivity index (χ0v) is 7.87. The van der Waals surface area contributed by atoms with Crippen LogP contribution in [-0.4, -0.2) is 17.7 Å². The maximum atomic E-state index is 10.9. The molecule has 0 bridgehead atoms. The molecule has 0 aliphatic rings. The van der Waals surface area contributed by atoms with Gasteiger partial charge in [0.25, 0.3) is 0 Å². The van der Waals surface area contributed by atoms with Gasteiger partial charge in [-0.2, -0.15) is 0 Å². The maximum absolute atomic E-state index is 10.9. The van der Waals surface area contributed by atoms with Crippen LogP contribution in [0.5, 0.6) is 0 Å². The van der Waals surface area contributed by atoms with E-state index in [0.717, 1.165) is 24.8 Å². The number of hydrogen-bond acceptors (Lipinski definition) is 3. The van der Waals surface area contributed by atoms with Gasteiger partial charge in [-0.3, -0.25) is 4.79 Å². The average Bonchev–Trinajstić information content (AvgIpc) is 1.97. The fourth-order valence-corrected chi connectivity index (χ4v) is 0.976. The summed E-state index contributed by atoms with van der Waals surface area (Å²) in [6.07, 6.45) is 0.988. The summed E-state index contributed by atoms with van der Waals surface area (Å²) in [5.74, 6) is 0.444. The summed E-state index contributed by atoms with van der Waals surface area (Å²) >= 11 is 1.16. The molecule has 0 spiro atoms. The van der Waals surface area contributed by atoms with Crippen molar-refractivity contribution in [3.8, 4) is 0 Å². The SMILES string of the molecule is C=C(C)C(=O)SCOCCC. The molecule has 0 radical (unpaired) electrons. The largest absolute Gasteiger partial charge is 0.370 e. The Morgan fingerprint density at radius 2 is 2.27 bits per heavy atom. The van der Waals surface area contributed by atoms with Crippen molar-refractivity contribution in [3.05, 3.63) is 12.2 Å². The summed E-state index contributed by atoms with van der Waals surface area (Å²) in [4.78, 5) is 10.9. The van der Waals surface area contributed by atoms with Crippen LogP contribution in [0, 0.1) is 0 Å². The molecule has 0 aromatic rings. The molecule has 0 saturated carbocycles. The molecular weight excluding hydrogens is 160 g/mol. The molecule has 2 nitrogen and oxygen atoms in total. The van der Waals surface area contributed by atoms with Crippen molar-refractivity contribution in [2.75, 3.05) is 12.5 Å². The minimum Gasteiger partial charge on any atom is -0.370 e. The Kier molecular flexibility index (Phi) is 6.27. The molecule has 0 rings (SSSR count). The highest BCUT2D eigenvalue weighted by Gasteiger charge is 2.01. The van der Waals surface area contributed by atoms with Gasteiger partial charge in [0.1, 0.15) is 0 Å². The number of carbonyl (C=O) groups excluding carboxylic acids is 1. The number of rotatable bonds is 5. The van der Waals surface area contributed by atoms with Gasteiger partial charge in [0.2, 0.25) is 5.12 Å². The number of ether oxygens (including phenoxy) is 1. The molecule has 0 heterocycles. The van der Waals surface area contributed by atoms with E-state index in [0.29, 0.717) is 11.5 Å². The lowest BCUT2D eigenvalue weighted by Crippen LogP contribution is -1.97. The normalized spacial score (nSPS) is 9.64. The molecule has 0 N–H and O–H groups in total. The van der Waals surface area contributed by atoms with Crippen LogP contribution in [0.4, 0.5) is 0 Å². The zero-order valence-electron chi connectivity index (χ0n) is 7.05. The first-order chi connectivity index (χ1) is 5.18. The minimum atomic E-state index is 0.0149. The van der Waals surface area contributed by atoms with E-state index < -0.39 is 0 Å². The highest BCUT2D eigenvalue weighted by atomic mass is 32.2. The third kappa shape index (κ3) is 6.13. The highest BCUT2D eigenvalue weighted by Crippen LogP contribution is 2.08. The molecule has 11 heavy (non-hydrogen) atoms. The summed E-state index contributed by atoms with van der Waals surface area (Å²) in [7, 11) is 0. The van der Waals surface area contributed by atoms with Crippen molar-refractivity contribution in [1.29, 1.82) is 0 Å². The van der Waals surface area contributed by atoms with Crippen LogP contribution in [0.1, 0.15) is 20.3 Å². The Morgan fingerprint density at radius 3 is 2.73 bits per heavy atom. The minimum absolute atomic E-state index is 0.0149. The van der Waals surface area contributed by atoms with Crippen LogP contribution in [0.25, 0.3) is 0 Å². The molecular formula is C8H14O2S. The Balaban J connectivity index is 3.25. The molecule has 0 aromatic carbocycles. The van der Waals surface area contributed by atoms with E-state index in [1.165, 1.54) is 0 Å². The number of thioether (sulfide) groups is 1. The van der Waals surface area contributed by atoms with Crippen LogP contribution >= 0.6 is 11.8 Å². The first-order valence-corrected chi connectivity index (χ1v) is 4.57. The monoisotopic (exact) mass is 174 g/mol. The molecule has 0 atom stereocenters. The van der Waals surface area contributed by atoms with Gasteiger partial charge in [-0.25, -0.2) is 0 Å². The van der Waals surface area contributed by atoms with Gasteiger partial charge in [-0.05, 0) is 18.9 Å². The van der Waals surface area contributed by atoms with Crippen molar-refractivity contribution < 1.29 is 9.53 Å². The summed E-state index contributed by atoms with van der Waals surface area (Å²) in [6.45, 7) is 7.98. The van der Waals surface area contributed by atoms with Gasteiger partial charge in [-0.15, -0.1) is 0 Å². The smallest absolute Gasteiger partial charge is 0.216 e. The molecule has 0 aromatic heterocycles. The van der Waals surface area contributed by atoms with Gasteiger partial charge >= 0.3 is 0 Å². The molecule has 0 unspecified atom stereocenters. The van der Waals surface area contributed by atoms with Crippen LogP contribution in [0.15, 0.2) is 12.2 Å². The fourth-order valence-electron chi connectivity index (χ4n) is 0.422. The molecule has 0 amide bonds. The molecule has 64 valence electrons. The second kappa shape index (κ2) is 6.43. The van der Waals surface area contributed by atoms with Gasteiger partial charge in [-0.1, -0.05) is 25.3 Å². The lowest BCUT2D eigenvalue weighted by atomic mass is 10.4. The van der Waals surface area contributed by atoms with Gasteiger partial charge in [0.15, 0.2) is 0 Å². The molecule has 0 aliphatic heterocycles. The Bertz CT molecular complexity index is 143. The predicted octanol–water partition coefficient (Wildman–Crippen LogP) is 2.21. The van der Waals surface area contributed by atoms with E-state index in [-0.39, 0.29) is 5.12 Å². The van der Waals surface area contributed by atoms with Gasteiger partial charge < -0.3 is 4.74 Å². The van der Waals surface area contributed by atoms with E-state index in [1.807, 2.05) is 6.92 Å². The van der Waals surface area contributed by atoms with E-state index in [2.05, 4.69) is 6.58 Å². The van der Waals surface area contributed by atoms with Gasteiger partial charge in [0, 0.05) is 6.61 Å². The second-order valence-electron chi connectivity index (χ2n) is 2.24. The van der Waals surface area contributed by atoms with E-state index >= 15 is 0 Å². The topological polar surface area (TPSA) is 26.3 Å². The molecule has 0 fully saturated rings. The third-order valence-corrected chi connectivity index (χ3v) is 1.87. The Hall–Kier alpha value is -0.280. The first kappa shape index (κ1) is 10.7. The van der Waals surface area contributed by atoms with Crippen molar-refractivity contribution in [2.45, 2.75) is 20.3 Å². The Morgan fingerprint density at radius 1 is 1.64 bits per heavy atom. The quantitative estimate of drug-likeness (QED) is 0.363. The standard InChI is InChI=1S/C8H14O2S/c1-4-5-10-6-11-8(9)7(2)3/h2,4-6H2,1,3H3. The predicted molar refractivity (Wildman–Crippen MR) is 48.5 cm³/mol. The van der Waals surface area contributed by atoms with Crippen molar-refractivity contribution >= 4 is 16.9 Å². The Labute approximate surface area is 72.0 Å². The lowest BCUT2D eigenvalue weighted by molar-refractivity contribution is -0.107. The van der Waals surface area contributed by atoms with Gasteiger partial charge in [0.05, 0.1) is 5.94 Å². The van der Waals surface area contributed by atoms with E-state index in [1.54, 1.807) is 6.92 Å². The van der Waals surface area contributed by atoms with Crippen molar-refractivity contribution in [1.82, 2.24) is 0 Å². The fraction of sp³-hybridized carbons (Fsp3) is 0.625. The summed E-state index contributed by atoms with van der Waals surface area (Å²) in [5, 5.41) is 0.0149. The lowest BCUT2D eigenvalue weighted by Gasteiger charge is -2.00. The maximum Gasteiger partial charge on any atom is 0.216 e. The second-order valence-corrected chi connectivity index (χ2v) is 3.13. The molecule has 0 aliphatic carbocycles. The average molecular weight is 174 g/mol. The first-order valence-electron chi connectivity index (χ1n) is 3.58. The summed E-state index contributed by atoms with van der Waals surface area (Å²) in [5.41, 5.74) is 0.579. The van der Waals surface area contributed by atoms with Crippen LogP contribution in [0.3, 0.4) is 0 Å². The third-order valence-electron chi connectivity index (χ3n) is 0.970. The number of carbonyl (C=O) groups is 1. The zero-order chi connectivity index (χ0) is 8.69. The van der Waals surface area contributed by atoms with E-state index in [9.17, 15) is 4.79 Å². The van der Waals surface area contributed by atoms with Crippen LogP contribution in [-0.2, 0) is 9.53 Å². The van der Waals surface area contributed by atoms with E-state index in [4.69, 9.17) is 4.74 Å². The number of hydrogen-bond donors (Lipinski definition) is 0. The van der Waals surface area contributed by atoms with Crippen molar-refractivity contribution in [3.63, 3.8) is 0 Å². The van der Waals surface area contributed by atoms with Crippen LogP contribution < -0.4 is 0 Å². The molecule has 0 saturated heterocycles. The van der Waals surface area contributed by atoms with Crippen LogP contribution in [0.2, 0.25) is 0 Å².